The summed E-state index contributed by atoms with van der Waals surface area (Å²) in [6.45, 7) is 9.05. The summed E-state index contributed by atoms with van der Waals surface area (Å²) in [6.07, 6.45) is 2.74. The van der Waals surface area contributed by atoms with Gasteiger partial charge in [0.2, 0.25) is 10.0 Å². The third-order valence-electron chi connectivity index (χ3n) is 4.82. The molecular formula is C13H19ClN2O2S. The van der Waals surface area contributed by atoms with Crippen LogP contribution in [0.25, 0.3) is 0 Å². The quantitative estimate of drug-likeness (QED) is 0.930. The molecule has 0 amide bonds. The fraction of sp³-hybridized carbons (Fsp3) is 0.615. The largest absolute Gasteiger partial charge is 0.263 e. The van der Waals surface area contributed by atoms with E-state index < -0.39 is 10.0 Å². The van der Waals surface area contributed by atoms with Gasteiger partial charge in [-0.1, -0.05) is 39.3 Å². The summed E-state index contributed by atoms with van der Waals surface area (Å²) in [5, 5.41) is 0.191. The van der Waals surface area contributed by atoms with Gasteiger partial charge in [-0.2, -0.15) is 0 Å². The van der Waals surface area contributed by atoms with Crippen molar-refractivity contribution in [3.8, 4) is 0 Å². The van der Waals surface area contributed by atoms with Crippen molar-refractivity contribution in [1.29, 1.82) is 0 Å². The molecule has 1 N–H and O–H groups in total. The van der Waals surface area contributed by atoms with Gasteiger partial charge in [0.15, 0.2) is 0 Å². The summed E-state index contributed by atoms with van der Waals surface area (Å²) in [5.41, 5.74) is 0.294. The Bertz CT molecular complexity index is 582. The first-order valence-corrected chi connectivity index (χ1v) is 8.06. The lowest BCUT2D eigenvalue weighted by Gasteiger charge is -2.08. The minimum absolute atomic E-state index is 0.0351. The molecule has 106 valence electrons. The Morgan fingerprint density at radius 1 is 1.32 bits per heavy atom. The Balaban J connectivity index is 2.11. The zero-order valence-electron chi connectivity index (χ0n) is 11.6. The van der Waals surface area contributed by atoms with Crippen LogP contribution in [0.15, 0.2) is 23.4 Å². The molecule has 19 heavy (non-hydrogen) atoms. The van der Waals surface area contributed by atoms with E-state index in [1.807, 2.05) is 0 Å². The first kappa shape index (κ1) is 14.8. The summed E-state index contributed by atoms with van der Waals surface area (Å²) in [5.74, 6) is 0.324. The van der Waals surface area contributed by atoms with Crippen molar-refractivity contribution in [1.82, 2.24) is 9.71 Å². The van der Waals surface area contributed by atoms with Gasteiger partial charge in [-0.15, -0.1) is 0 Å². The van der Waals surface area contributed by atoms with Gasteiger partial charge >= 0.3 is 0 Å². The van der Waals surface area contributed by atoms with Gasteiger partial charge in [0.05, 0.1) is 5.02 Å². The minimum atomic E-state index is -3.59. The molecule has 0 radical (unpaired) electrons. The molecule has 0 saturated heterocycles. The molecule has 6 heteroatoms. The van der Waals surface area contributed by atoms with Crippen LogP contribution in [0.5, 0.6) is 0 Å². The number of nitrogens with zero attached hydrogens (tertiary/aromatic N) is 1. The summed E-state index contributed by atoms with van der Waals surface area (Å²) >= 11 is 5.89. The third kappa shape index (κ3) is 2.39. The fourth-order valence-electron chi connectivity index (χ4n) is 2.68. The van der Waals surface area contributed by atoms with E-state index in [1.165, 1.54) is 18.5 Å². The van der Waals surface area contributed by atoms with Crippen LogP contribution in [0, 0.1) is 16.7 Å². The highest BCUT2D eigenvalue weighted by Crippen LogP contribution is 2.67. The molecule has 1 aromatic heterocycles. The third-order valence-corrected chi connectivity index (χ3v) is 6.71. The molecule has 4 nitrogen and oxygen atoms in total. The summed E-state index contributed by atoms with van der Waals surface area (Å²) < 4.78 is 27.0. The van der Waals surface area contributed by atoms with E-state index in [0.29, 0.717) is 12.5 Å². The number of halogens is 1. The van der Waals surface area contributed by atoms with Crippen molar-refractivity contribution in [2.75, 3.05) is 6.54 Å². The normalized spacial score (nSPS) is 21.3. The lowest BCUT2D eigenvalue weighted by Crippen LogP contribution is -2.27. The van der Waals surface area contributed by atoms with Crippen LogP contribution >= 0.6 is 11.6 Å². The Hall–Kier alpha value is -0.650. The lowest BCUT2D eigenvalue weighted by atomic mass is 10.0. The van der Waals surface area contributed by atoms with Gasteiger partial charge in [-0.25, -0.2) is 13.1 Å². The predicted molar refractivity (Wildman–Crippen MR) is 75.5 cm³/mol. The number of aromatic nitrogens is 1. The van der Waals surface area contributed by atoms with E-state index in [9.17, 15) is 8.42 Å². The SMILES string of the molecule is CC1(C)C(CNS(=O)(=O)c2cnccc2Cl)C1(C)C. The van der Waals surface area contributed by atoms with E-state index >= 15 is 0 Å². The zero-order chi connectivity index (χ0) is 14.5. The van der Waals surface area contributed by atoms with Crippen LogP contribution in [0.1, 0.15) is 27.7 Å². The van der Waals surface area contributed by atoms with Gasteiger partial charge in [0.25, 0.3) is 0 Å². The maximum absolute atomic E-state index is 12.2. The molecule has 1 saturated carbocycles. The molecule has 0 bridgehead atoms. The first-order valence-electron chi connectivity index (χ1n) is 6.20. The Kier molecular flexibility index (Phi) is 3.44. The average Bonchev–Trinajstić information content (AvgIpc) is 2.67. The molecule has 2 rings (SSSR count). The molecule has 1 aromatic rings. The Morgan fingerprint density at radius 2 is 1.89 bits per heavy atom. The van der Waals surface area contributed by atoms with Crippen LogP contribution in [0.4, 0.5) is 0 Å². The van der Waals surface area contributed by atoms with Crippen LogP contribution in [0.3, 0.4) is 0 Å². The molecule has 1 aliphatic rings. The number of sulfonamides is 1. The van der Waals surface area contributed by atoms with Gasteiger partial charge in [-0.05, 0) is 22.8 Å². The van der Waals surface area contributed by atoms with Gasteiger partial charge in [-0.3, -0.25) is 4.98 Å². The van der Waals surface area contributed by atoms with E-state index in [1.54, 1.807) is 0 Å². The molecule has 1 aliphatic carbocycles. The van der Waals surface area contributed by atoms with E-state index in [2.05, 4.69) is 37.4 Å². The molecule has 0 spiro atoms. The van der Waals surface area contributed by atoms with E-state index in [0.717, 1.165) is 0 Å². The highest BCUT2D eigenvalue weighted by atomic mass is 35.5. The molecule has 0 aliphatic heterocycles. The van der Waals surface area contributed by atoms with Crippen LogP contribution in [0.2, 0.25) is 5.02 Å². The van der Waals surface area contributed by atoms with Gasteiger partial charge < -0.3 is 0 Å². The standard InChI is InChI=1S/C13H19ClN2O2S/c1-12(2)11(13(12,3)4)8-16-19(17,18)10-7-15-6-5-9(10)14/h5-7,11,16H,8H2,1-4H3. The van der Waals surface area contributed by atoms with Gasteiger partial charge in [0.1, 0.15) is 4.90 Å². The summed E-state index contributed by atoms with van der Waals surface area (Å²) in [6, 6.07) is 1.47. The van der Waals surface area contributed by atoms with Crippen molar-refractivity contribution in [3.05, 3.63) is 23.5 Å². The van der Waals surface area contributed by atoms with Gasteiger partial charge in [0, 0.05) is 18.9 Å². The molecule has 0 aromatic carbocycles. The van der Waals surface area contributed by atoms with Crippen molar-refractivity contribution in [3.63, 3.8) is 0 Å². The van der Waals surface area contributed by atoms with Crippen molar-refractivity contribution in [2.45, 2.75) is 32.6 Å². The van der Waals surface area contributed by atoms with Crippen molar-refractivity contribution < 1.29 is 8.42 Å². The fourth-order valence-corrected chi connectivity index (χ4v) is 4.15. The zero-order valence-corrected chi connectivity index (χ0v) is 13.1. The van der Waals surface area contributed by atoms with Crippen LogP contribution < -0.4 is 4.72 Å². The minimum Gasteiger partial charge on any atom is -0.263 e. The first-order chi connectivity index (χ1) is 8.61. The molecular weight excluding hydrogens is 284 g/mol. The van der Waals surface area contributed by atoms with E-state index in [4.69, 9.17) is 11.6 Å². The number of rotatable bonds is 4. The van der Waals surface area contributed by atoms with Crippen LogP contribution in [-0.4, -0.2) is 19.9 Å². The second kappa shape index (κ2) is 4.43. The van der Waals surface area contributed by atoms with Crippen LogP contribution in [-0.2, 0) is 10.0 Å². The maximum atomic E-state index is 12.2. The highest BCUT2D eigenvalue weighted by molar-refractivity contribution is 7.89. The number of hydrogen-bond donors (Lipinski definition) is 1. The second-order valence-electron chi connectivity index (χ2n) is 6.15. The highest BCUT2D eigenvalue weighted by Gasteiger charge is 2.64. The lowest BCUT2D eigenvalue weighted by molar-refractivity contribution is 0.457. The number of nitrogens with one attached hydrogen (secondary N) is 1. The van der Waals surface area contributed by atoms with E-state index in [-0.39, 0.29) is 20.7 Å². The Labute approximate surface area is 119 Å². The van der Waals surface area contributed by atoms with Crippen molar-refractivity contribution in [2.24, 2.45) is 16.7 Å². The molecule has 0 unspecified atom stereocenters. The molecule has 0 atom stereocenters. The number of hydrogen-bond acceptors (Lipinski definition) is 3. The average molecular weight is 303 g/mol. The Morgan fingerprint density at radius 3 is 2.37 bits per heavy atom. The smallest absolute Gasteiger partial charge is 0.243 e. The molecule has 1 fully saturated rings. The summed E-state index contributed by atoms with van der Waals surface area (Å²) in [7, 11) is -3.59. The molecule has 1 heterocycles. The second-order valence-corrected chi connectivity index (χ2v) is 8.30. The predicted octanol–water partition coefficient (Wildman–Crippen LogP) is 2.70. The topological polar surface area (TPSA) is 59.1 Å². The van der Waals surface area contributed by atoms with Crippen molar-refractivity contribution >= 4 is 21.6 Å². The number of pyridine rings is 1. The summed E-state index contributed by atoms with van der Waals surface area (Å²) in [4.78, 5) is 3.84. The maximum Gasteiger partial charge on any atom is 0.243 e. The monoisotopic (exact) mass is 302 g/mol.